The second-order valence-corrected chi connectivity index (χ2v) is 8.51. The van der Waals surface area contributed by atoms with Gasteiger partial charge in [0.1, 0.15) is 4.90 Å². The maximum Gasteiger partial charge on any atom is 0.242 e. The van der Waals surface area contributed by atoms with Gasteiger partial charge in [0.05, 0.1) is 5.02 Å². The third-order valence-electron chi connectivity index (χ3n) is 3.10. The van der Waals surface area contributed by atoms with Crippen LogP contribution in [0.2, 0.25) is 5.02 Å². The van der Waals surface area contributed by atoms with Crippen molar-refractivity contribution in [3.63, 3.8) is 0 Å². The van der Waals surface area contributed by atoms with E-state index in [1.807, 2.05) is 32.8 Å². The molecular weight excluding hydrogens is 310 g/mol. The van der Waals surface area contributed by atoms with Crippen LogP contribution in [-0.4, -0.2) is 40.5 Å². The van der Waals surface area contributed by atoms with Crippen molar-refractivity contribution in [3.05, 3.63) is 22.7 Å². The highest BCUT2D eigenvalue weighted by atomic mass is 35.5. The SMILES string of the molecule is Cc1cc(Cl)c(S(=O)(=O)NCC(C)(C)CN(C)C)cc1N. The Kier molecular flexibility index (Phi) is 5.66. The topological polar surface area (TPSA) is 75.4 Å². The zero-order valence-electron chi connectivity index (χ0n) is 13.2. The van der Waals surface area contributed by atoms with E-state index < -0.39 is 10.0 Å². The largest absolute Gasteiger partial charge is 0.398 e. The van der Waals surface area contributed by atoms with Crippen LogP contribution < -0.4 is 10.5 Å². The van der Waals surface area contributed by atoms with Crippen molar-refractivity contribution in [2.24, 2.45) is 5.41 Å². The van der Waals surface area contributed by atoms with Crippen molar-refractivity contribution in [1.82, 2.24) is 9.62 Å². The van der Waals surface area contributed by atoms with Gasteiger partial charge in [-0.05, 0) is 44.1 Å². The minimum atomic E-state index is -3.68. The van der Waals surface area contributed by atoms with Crippen LogP contribution in [0.4, 0.5) is 5.69 Å². The Morgan fingerprint density at radius 1 is 1.33 bits per heavy atom. The van der Waals surface area contributed by atoms with Crippen molar-refractivity contribution in [2.45, 2.75) is 25.7 Å². The first-order chi connectivity index (χ1) is 9.44. The summed E-state index contributed by atoms with van der Waals surface area (Å²) in [6.07, 6.45) is 0. The number of nitrogen functional groups attached to an aromatic ring is 1. The first kappa shape index (κ1) is 18.2. The molecule has 1 aromatic rings. The summed E-state index contributed by atoms with van der Waals surface area (Å²) in [5.74, 6) is 0. The Bertz CT molecular complexity index is 613. The van der Waals surface area contributed by atoms with E-state index in [4.69, 9.17) is 17.3 Å². The minimum Gasteiger partial charge on any atom is -0.398 e. The van der Waals surface area contributed by atoms with E-state index in [0.29, 0.717) is 12.2 Å². The summed E-state index contributed by atoms with van der Waals surface area (Å²) in [7, 11) is 0.225. The summed E-state index contributed by atoms with van der Waals surface area (Å²) in [6, 6.07) is 2.97. The monoisotopic (exact) mass is 333 g/mol. The van der Waals surface area contributed by atoms with Gasteiger partial charge in [-0.1, -0.05) is 25.4 Å². The van der Waals surface area contributed by atoms with Gasteiger partial charge in [0.2, 0.25) is 10.0 Å². The van der Waals surface area contributed by atoms with Crippen molar-refractivity contribution in [1.29, 1.82) is 0 Å². The number of nitrogens with one attached hydrogen (secondary N) is 1. The molecule has 7 heteroatoms. The molecular formula is C14H24ClN3O2S. The Morgan fingerprint density at radius 2 is 1.90 bits per heavy atom. The highest BCUT2D eigenvalue weighted by Gasteiger charge is 2.25. The lowest BCUT2D eigenvalue weighted by Crippen LogP contribution is -2.40. The Labute approximate surface area is 132 Å². The Morgan fingerprint density at radius 3 is 2.43 bits per heavy atom. The molecule has 0 amide bonds. The zero-order chi connectivity index (χ0) is 16.4. The van der Waals surface area contributed by atoms with E-state index >= 15 is 0 Å². The lowest BCUT2D eigenvalue weighted by molar-refractivity contribution is 0.242. The van der Waals surface area contributed by atoms with Crippen molar-refractivity contribution >= 4 is 27.3 Å². The van der Waals surface area contributed by atoms with Crippen LogP contribution in [0.15, 0.2) is 17.0 Å². The van der Waals surface area contributed by atoms with E-state index in [2.05, 4.69) is 4.72 Å². The van der Waals surface area contributed by atoms with Crippen molar-refractivity contribution < 1.29 is 8.42 Å². The molecule has 0 aromatic heterocycles. The van der Waals surface area contributed by atoms with Gasteiger partial charge in [0, 0.05) is 18.8 Å². The molecule has 0 radical (unpaired) electrons. The standard InChI is InChI=1S/C14H24ClN3O2S/c1-10-6-11(15)13(7-12(10)16)21(19,20)17-8-14(2,3)9-18(4)5/h6-7,17H,8-9,16H2,1-5H3. The highest BCUT2D eigenvalue weighted by molar-refractivity contribution is 7.89. The van der Waals surface area contributed by atoms with E-state index in [1.54, 1.807) is 13.0 Å². The number of hydrogen-bond donors (Lipinski definition) is 2. The molecule has 0 atom stereocenters. The maximum atomic E-state index is 12.4. The fourth-order valence-corrected chi connectivity index (χ4v) is 4.01. The molecule has 0 spiro atoms. The summed E-state index contributed by atoms with van der Waals surface area (Å²) in [6.45, 7) is 6.86. The molecule has 3 N–H and O–H groups in total. The number of aryl methyl sites for hydroxylation is 1. The number of anilines is 1. The van der Waals surface area contributed by atoms with Gasteiger partial charge in [-0.2, -0.15) is 0 Å². The number of halogens is 1. The molecule has 0 aliphatic rings. The maximum absolute atomic E-state index is 12.4. The fourth-order valence-electron chi connectivity index (χ4n) is 2.15. The van der Waals surface area contributed by atoms with E-state index in [1.165, 1.54) is 6.07 Å². The van der Waals surface area contributed by atoms with Crippen LogP contribution in [0.3, 0.4) is 0 Å². The molecule has 120 valence electrons. The lowest BCUT2D eigenvalue weighted by Gasteiger charge is -2.28. The molecule has 21 heavy (non-hydrogen) atoms. The molecule has 0 saturated carbocycles. The van der Waals surface area contributed by atoms with Crippen LogP contribution in [-0.2, 0) is 10.0 Å². The van der Waals surface area contributed by atoms with Crippen LogP contribution in [0, 0.1) is 12.3 Å². The van der Waals surface area contributed by atoms with Crippen molar-refractivity contribution in [3.8, 4) is 0 Å². The predicted octanol–water partition coefficient (Wildman–Crippen LogP) is 2.10. The second kappa shape index (κ2) is 6.52. The van der Waals surface area contributed by atoms with E-state index in [-0.39, 0.29) is 15.3 Å². The van der Waals surface area contributed by atoms with Gasteiger partial charge >= 0.3 is 0 Å². The first-order valence-corrected chi connectivity index (χ1v) is 8.51. The van der Waals surface area contributed by atoms with Crippen molar-refractivity contribution in [2.75, 3.05) is 32.9 Å². The summed E-state index contributed by atoms with van der Waals surface area (Å²) >= 11 is 6.04. The van der Waals surface area contributed by atoms with Gasteiger partial charge in [-0.25, -0.2) is 13.1 Å². The summed E-state index contributed by atoms with van der Waals surface area (Å²) in [4.78, 5) is 2.04. The first-order valence-electron chi connectivity index (χ1n) is 6.65. The van der Waals surface area contributed by atoms with E-state index in [9.17, 15) is 8.42 Å². The molecule has 0 bridgehead atoms. The number of hydrogen-bond acceptors (Lipinski definition) is 4. The van der Waals surface area contributed by atoms with Gasteiger partial charge in [-0.15, -0.1) is 0 Å². The highest BCUT2D eigenvalue weighted by Crippen LogP contribution is 2.27. The third kappa shape index (κ3) is 5.14. The minimum absolute atomic E-state index is 0.0212. The Hall–Kier alpha value is -0.820. The number of nitrogens with zero attached hydrogens (tertiary/aromatic N) is 1. The van der Waals surface area contributed by atoms with Crippen LogP contribution in [0.1, 0.15) is 19.4 Å². The molecule has 0 saturated heterocycles. The van der Waals surface area contributed by atoms with Gasteiger partial charge < -0.3 is 10.6 Å². The quantitative estimate of drug-likeness (QED) is 0.782. The summed E-state index contributed by atoms with van der Waals surface area (Å²) in [5.41, 5.74) is 6.75. The van der Waals surface area contributed by atoms with Gasteiger partial charge in [0.15, 0.2) is 0 Å². The lowest BCUT2D eigenvalue weighted by atomic mass is 9.93. The molecule has 0 heterocycles. The Balaban J connectivity index is 2.95. The van der Waals surface area contributed by atoms with Gasteiger partial charge in [-0.3, -0.25) is 0 Å². The van der Waals surface area contributed by atoms with E-state index in [0.717, 1.165) is 12.1 Å². The number of nitrogens with two attached hydrogens (primary N) is 1. The second-order valence-electron chi connectivity index (χ2n) is 6.37. The molecule has 0 unspecified atom stereocenters. The zero-order valence-corrected chi connectivity index (χ0v) is 14.8. The number of benzene rings is 1. The normalized spacial score (nSPS) is 12.9. The van der Waals surface area contributed by atoms with Crippen LogP contribution in [0.5, 0.6) is 0 Å². The summed E-state index contributed by atoms with van der Waals surface area (Å²) in [5, 5.41) is 0.180. The third-order valence-corrected chi connectivity index (χ3v) is 4.96. The molecule has 5 nitrogen and oxygen atoms in total. The van der Waals surface area contributed by atoms with Gasteiger partial charge in [0.25, 0.3) is 0 Å². The number of rotatable bonds is 6. The van der Waals surface area contributed by atoms with Crippen LogP contribution in [0.25, 0.3) is 0 Å². The smallest absolute Gasteiger partial charge is 0.242 e. The molecule has 0 aliphatic carbocycles. The fraction of sp³-hybridized carbons (Fsp3) is 0.571. The molecule has 1 rings (SSSR count). The average Bonchev–Trinajstić information content (AvgIpc) is 2.30. The molecule has 1 aromatic carbocycles. The average molecular weight is 334 g/mol. The molecule has 0 aliphatic heterocycles. The number of sulfonamides is 1. The molecule has 0 fully saturated rings. The summed E-state index contributed by atoms with van der Waals surface area (Å²) < 4.78 is 27.4. The van der Waals surface area contributed by atoms with Crippen LogP contribution >= 0.6 is 11.6 Å². The predicted molar refractivity (Wildman–Crippen MR) is 88.1 cm³/mol.